The summed E-state index contributed by atoms with van der Waals surface area (Å²) in [5.41, 5.74) is 12.1. The highest BCUT2D eigenvalue weighted by atomic mass is 16.3. The summed E-state index contributed by atoms with van der Waals surface area (Å²) in [6, 6.07) is 66.8. The van der Waals surface area contributed by atoms with Gasteiger partial charge in [0.15, 0.2) is 0 Å². The minimum Gasteiger partial charge on any atom is -0.455 e. The van der Waals surface area contributed by atoms with Crippen molar-refractivity contribution in [2.24, 2.45) is 0 Å². The number of anilines is 3. The molecule has 0 saturated heterocycles. The standard InChI is InChI=1S/C46H31NO/c1-3-13-34(14-4-1)43-31-35(27-30-39(43)41-21-12-22-42-40-20-9-10-24-45(40)48-46(41)42)32-25-28-37(29-26-32)47(36-17-5-2-6-18-36)44-23-11-16-33-15-7-8-19-38(33)44/h1-31H. The van der Waals surface area contributed by atoms with Gasteiger partial charge in [-0.3, -0.25) is 0 Å². The van der Waals surface area contributed by atoms with Crippen LogP contribution in [0.3, 0.4) is 0 Å². The van der Waals surface area contributed by atoms with Crippen molar-refractivity contribution in [2.75, 3.05) is 4.90 Å². The minimum atomic E-state index is 0.908. The molecule has 2 nitrogen and oxygen atoms in total. The average molecular weight is 614 g/mol. The van der Waals surface area contributed by atoms with Crippen molar-refractivity contribution in [3.8, 4) is 33.4 Å². The van der Waals surface area contributed by atoms with Crippen LogP contribution in [-0.2, 0) is 0 Å². The normalized spacial score (nSPS) is 11.3. The monoisotopic (exact) mass is 613 g/mol. The van der Waals surface area contributed by atoms with Crippen LogP contribution >= 0.6 is 0 Å². The van der Waals surface area contributed by atoms with Crippen LogP contribution in [0, 0.1) is 0 Å². The Hall–Kier alpha value is -6.38. The molecule has 0 fully saturated rings. The Bertz CT molecular complexity index is 2540. The molecule has 8 aromatic carbocycles. The van der Waals surface area contributed by atoms with Crippen LogP contribution in [0.25, 0.3) is 66.1 Å². The fourth-order valence-electron chi connectivity index (χ4n) is 6.99. The Morgan fingerprint density at radius 2 is 0.979 bits per heavy atom. The maximum absolute atomic E-state index is 6.47. The van der Waals surface area contributed by atoms with Crippen LogP contribution in [0.4, 0.5) is 17.1 Å². The summed E-state index contributed by atoms with van der Waals surface area (Å²) in [6.45, 7) is 0. The fraction of sp³-hybridized carbons (Fsp3) is 0. The van der Waals surface area contributed by atoms with E-state index in [1.807, 2.05) is 12.1 Å². The highest BCUT2D eigenvalue weighted by Crippen LogP contribution is 2.43. The predicted octanol–water partition coefficient (Wildman–Crippen LogP) is 13.2. The second kappa shape index (κ2) is 11.8. The zero-order valence-corrected chi connectivity index (χ0v) is 26.3. The van der Waals surface area contributed by atoms with Crippen LogP contribution in [0.1, 0.15) is 0 Å². The average Bonchev–Trinajstić information content (AvgIpc) is 3.55. The van der Waals surface area contributed by atoms with Crippen molar-refractivity contribution in [1.29, 1.82) is 0 Å². The SMILES string of the molecule is c1ccc(-c2cc(-c3ccc(N(c4ccccc4)c4cccc5ccccc45)cc3)ccc2-c2cccc3c2oc2ccccc23)cc1. The smallest absolute Gasteiger partial charge is 0.143 e. The van der Waals surface area contributed by atoms with Crippen molar-refractivity contribution in [1.82, 2.24) is 0 Å². The lowest BCUT2D eigenvalue weighted by Gasteiger charge is -2.27. The van der Waals surface area contributed by atoms with E-state index in [0.29, 0.717) is 0 Å². The third kappa shape index (κ3) is 4.83. The number of furan rings is 1. The molecular weight excluding hydrogens is 583 g/mol. The van der Waals surface area contributed by atoms with E-state index in [0.717, 1.165) is 61.3 Å². The molecule has 0 aliphatic heterocycles. The van der Waals surface area contributed by atoms with Crippen molar-refractivity contribution in [3.63, 3.8) is 0 Å². The van der Waals surface area contributed by atoms with Gasteiger partial charge in [-0.2, -0.15) is 0 Å². The molecule has 0 N–H and O–H groups in total. The molecule has 48 heavy (non-hydrogen) atoms. The Balaban J connectivity index is 1.16. The van der Waals surface area contributed by atoms with Gasteiger partial charge in [0, 0.05) is 33.1 Å². The number of para-hydroxylation sites is 3. The van der Waals surface area contributed by atoms with Crippen LogP contribution in [-0.4, -0.2) is 0 Å². The van der Waals surface area contributed by atoms with Gasteiger partial charge < -0.3 is 9.32 Å². The van der Waals surface area contributed by atoms with Gasteiger partial charge in [0.05, 0.1) is 5.69 Å². The molecule has 0 saturated carbocycles. The molecule has 9 aromatic rings. The summed E-state index contributed by atoms with van der Waals surface area (Å²) in [7, 11) is 0. The van der Waals surface area contributed by atoms with Crippen molar-refractivity contribution in [2.45, 2.75) is 0 Å². The number of nitrogens with zero attached hydrogens (tertiary/aromatic N) is 1. The maximum atomic E-state index is 6.47. The molecule has 0 atom stereocenters. The maximum Gasteiger partial charge on any atom is 0.143 e. The Kier molecular flexibility index (Phi) is 6.84. The third-order valence-electron chi connectivity index (χ3n) is 9.28. The van der Waals surface area contributed by atoms with Crippen molar-refractivity contribution < 1.29 is 4.42 Å². The van der Waals surface area contributed by atoms with E-state index >= 15 is 0 Å². The molecular formula is C46H31NO. The van der Waals surface area contributed by atoms with Gasteiger partial charge in [-0.05, 0) is 75.7 Å². The van der Waals surface area contributed by atoms with Gasteiger partial charge in [0.1, 0.15) is 11.2 Å². The quantitative estimate of drug-likeness (QED) is 0.185. The van der Waals surface area contributed by atoms with E-state index in [1.165, 1.54) is 21.9 Å². The summed E-state index contributed by atoms with van der Waals surface area (Å²) in [4.78, 5) is 2.35. The summed E-state index contributed by atoms with van der Waals surface area (Å²) in [5.74, 6) is 0. The lowest BCUT2D eigenvalue weighted by molar-refractivity contribution is 0.670. The topological polar surface area (TPSA) is 16.4 Å². The third-order valence-corrected chi connectivity index (χ3v) is 9.28. The molecule has 1 aromatic heterocycles. The summed E-state index contributed by atoms with van der Waals surface area (Å²) in [5, 5.41) is 4.71. The summed E-state index contributed by atoms with van der Waals surface area (Å²) in [6.07, 6.45) is 0. The predicted molar refractivity (Wildman–Crippen MR) is 202 cm³/mol. The zero-order valence-electron chi connectivity index (χ0n) is 26.3. The van der Waals surface area contributed by atoms with Gasteiger partial charge in [0.25, 0.3) is 0 Å². The van der Waals surface area contributed by atoms with Gasteiger partial charge in [0.2, 0.25) is 0 Å². The molecule has 9 rings (SSSR count). The molecule has 0 bridgehead atoms. The Labute approximate surface area is 279 Å². The van der Waals surface area contributed by atoms with E-state index in [-0.39, 0.29) is 0 Å². The zero-order chi connectivity index (χ0) is 31.9. The molecule has 0 radical (unpaired) electrons. The lowest BCUT2D eigenvalue weighted by Crippen LogP contribution is -2.10. The van der Waals surface area contributed by atoms with E-state index in [2.05, 4.69) is 181 Å². The lowest BCUT2D eigenvalue weighted by atomic mass is 9.90. The van der Waals surface area contributed by atoms with Crippen LogP contribution in [0.15, 0.2) is 192 Å². The number of fused-ring (bicyclic) bond motifs is 4. The molecule has 0 aliphatic carbocycles. The fourth-order valence-corrected chi connectivity index (χ4v) is 6.99. The first kappa shape index (κ1) is 27.9. The summed E-state index contributed by atoms with van der Waals surface area (Å²) < 4.78 is 6.47. The molecule has 0 unspecified atom stereocenters. The Morgan fingerprint density at radius 3 is 1.81 bits per heavy atom. The highest BCUT2D eigenvalue weighted by Gasteiger charge is 2.18. The van der Waals surface area contributed by atoms with Gasteiger partial charge >= 0.3 is 0 Å². The first-order chi connectivity index (χ1) is 23.8. The van der Waals surface area contributed by atoms with Gasteiger partial charge in [-0.15, -0.1) is 0 Å². The first-order valence-corrected chi connectivity index (χ1v) is 16.4. The number of rotatable bonds is 6. The largest absolute Gasteiger partial charge is 0.455 e. The highest BCUT2D eigenvalue weighted by molar-refractivity contribution is 6.10. The van der Waals surface area contributed by atoms with Crippen LogP contribution in [0.2, 0.25) is 0 Å². The van der Waals surface area contributed by atoms with Crippen LogP contribution < -0.4 is 4.90 Å². The Morgan fingerprint density at radius 1 is 0.354 bits per heavy atom. The first-order valence-electron chi connectivity index (χ1n) is 16.4. The summed E-state index contributed by atoms with van der Waals surface area (Å²) >= 11 is 0. The second-order valence-corrected chi connectivity index (χ2v) is 12.1. The molecule has 2 heteroatoms. The van der Waals surface area contributed by atoms with E-state index < -0.39 is 0 Å². The molecule has 0 spiro atoms. The van der Waals surface area contributed by atoms with Crippen LogP contribution in [0.5, 0.6) is 0 Å². The number of benzene rings is 8. The van der Waals surface area contributed by atoms with E-state index in [4.69, 9.17) is 4.42 Å². The molecule has 0 aliphatic rings. The second-order valence-electron chi connectivity index (χ2n) is 12.1. The van der Waals surface area contributed by atoms with Gasteiger partial charge in [-0.1, -0.05) is 146 Å². The van der Waals surface area contributed by atoms with Gasteiger partial charge in [-0.25, -0.2) is 0 Å². The molecule has 1 heterocycles. The van der Waals surface area contributed by atoms with E-state index in [1.54, 1.807) is 0 Å². The van der Waals surface area contributed by atoms with Crippen molar-refractivity contribution in [3.05, 3.63) is 188 Å². The number of hydrogen-bond acceptors (Lipinski definition) is 2. The molecule has 226 valence electrons. The van der Waals surface area contributed by atoms with Crippen molar-refractivity contribution >= 4 is 49.8 Å². The molecule has 0 amide bonds. The number of hydrogen-bond donors (Lipinski definition) is 0. The minimum absolute atomic E-state index is 0.908. The van der Waals surface area contributed by atoms with E-state index in [9.17, 15) is 0 Å².